The predicted molar refractivity (Wildman–Crippen MR) is 87.5 cm³/mol. The van der Waals surface area contributed by atoms with E-state index in [-0.39, 0.29) is 0 Å². The molecular formula is C16H16BrNO4. The Morgan fingerprint density at radius 1 is 1.05 bits per heavy atom. The highest BCUT2D eigenvalue weighted by Crippen LogP contribution is 2.22. The van der Waals surface area contributed by atoms with Gasteiger partial charge in [-0.25, -0.2) is 0 Å². The van der Waals surface area contributed by atoms with Gasteiger partial charge in [0.1, 0.15) is 30.5 Å². The summed E-state index contributed by atoms with van der Waals surface area (Å²) in [6, 6.07) is 12.8. The second-order valence-electron chi connectivity index (χ2n) is 4.30. The zero-order chi connectivity index (χ0) is 15.8. The van der Waals surface area contributed by atoms with Crippen molar-refractivity contribution in [3.63, 3.8) is 0 Å². The van der Waals surface area contributed by atoms with E-state index in [2.05, 4.69) is 21.1 Å². The van der Waals surface area contributed by atoms with Crippen LogP contribution in [0.2, 0.25) is 0 Å². The van der Waals surface area contributed by atoms with Crippen LogP contribution in [0.5, 0.6) is 17.2 Å². The van der Waals surface area contributed by atoms with Crippen LogP contribution < -0.4 is 14.2 Å². The van der Waals surface area contributed by atoms with Gasteiger partial charge in [-0.3, -0.25) is 0 Å². The Morgan fingerprint density at radius 2 is 1.73 bits per heavy atom. The SMILES string of the molecule is COc1ccc(OCCOc2ccc(Br)cc2C=NO)cc1. The molecule has 0 radical (unpaired) electrons. The van der Waals surface area contributed by atoms with Gasteiger partial charge in [0.05, 0.1) is 13.3 Å². The van der Waals surface area contributed by atoms with Crippen LogP contribution in [0.15, 0.2) is 52.1 Å². The van der Waals surface area contributed by atoms with Crippen molar-refractivity contribution in [3.05, 3.63) is 52.5 Å². The number of rotatable bonds is 7. The van der Waals surface area contributed by atoms with E-state index in [0.29, 0.717) is 24.5 Å². The lowest BCUT2D eigenvalue weighted by Gasteiger charge is -2.10. The maximum Gasteiger partial charge on any atom is 0.128 e. The average Bonchev–Trinajstić information content (AvgIpc) is 2.54. The Hall–Kier alpha value is -2.21. The monoisotopic (exact) mass is 365 g/mol. The number of oxime groups is 1. The van der Waals surface area contributed by atoms with Gasteiger partial charge in [0.2, 0.25) is 0 Å². The van der Waals surface area contributed by atoms with E-state index < -0.39 is 0 Å². The molecule has 0 aliphatic carbocycles. The summed E-state index contributed by atoms with van der Waals surface area (Å²) >= 11 is 3.36. The number of halogens is 1. The summed E-state index contributed by atoms with van der Waals surface area (Å²) in [6.07, 6.45) is 1.32. The van der Waals surface area contributed by atoms with Crippen molar-refractivity contribution >= 4 is 22.1 Å². The van der Waals surface area contributed by atoms with Crippen LogP contribution >= 0.6 is 15.9 Å². The largest absolute Gasteiger partial charge is 0.497 e. The molecule has 5 nitrogen and oxygen atoms in total. The Kier molecular flexibility index (Phi) is 6.09. The van der Waals surface area contributed by atoms with Crippen LogP contribution in [0, 0.1) is 0 Å². The highest BCUT2D eigenvalue weighted by molar-refractivity contribution is 9.10. The van der Waals surface area contributed by atoms with Crippen LogP contribution in [0.25, 0.3) is 0 Å². The molecule has 2 aromatic rings. The third-order valence-corrected chi connectivity index (χ3v) is 3.33. The molecule has 116 valence electrons. The molecule has 22 heavy (non-hydrogen) atoms. The molecule has 0 saturated carbocycles. The molecule has 0 saturated heterocycles. The van der Waals surface area contributed by atoms with Crippen molar-refractivity contribution in [2.45, 2.75) is 0 Å². The van der Waals surface area contributed by atoms with Gasteiger partial charge >= 0.3 is 0 Å². The number of methoxy groups -OCH3 is 1. The minimum absolute atomic E-state index is 0.375. The molecule has 1 N–H and O–H groups in total. The third-order valence-electron chi connectivity index (χ3n) is 2.84. The summed E-state index contributed by atoms with van der Waals surface area (Å²) in [5, 5.41) is 11.7. The maximum atomic E-state index is 8.66. The minimum atomic E-state index is 0.375. The molecule has 0 aliphatic rings. The molecular weight excluding hydrogens is 350 g/mol. The topological polar surface area (TPSA) is 60.3 Å². The molecule has 0 aliphatic heterocycles. The maximum absolute atomic E-state index is 8.66. The van der Waals surface area contributed by atoms with Crippen molar-refractivity contribution in [1.82, 2.24) is 0 Å². The van der Waals surface area contributed by atoms with E-state index in [0.717, 1.165) is 16.0 Å². The average molecular weight is 366 g/mol. The molecule has 0 heterocycles. The van der Waals surface area contributed by atoms with Crippen molar-refractivity contribution < 1.29 is 19.4 Å². The zero-order valence-electron chi connectivity index (χ0n) is 12.0. The lowest BCUT2D eigenvalue weighted by Crippen LogP contribution is -2.10. The van der Waals surface area contributed by atoms with Crippen LogP contribution in [-0.2, 0) is 0 Å². The number of hydrogen-bond donors (Lipinski definition) is 1. The van der Waals surface area contributed by atoms with Gasteiger partial charge in [0, 0.05) is 10.0 Å². The van der Waals surface area contributed by atoms with E-state index in [1.165, 1.54) is 6.21 Å². The van der Waals surface area contributed by atoms with Crippen molar-refractivity contribution in [1.29, 1.82) is 0 Å². The molecule has 0 atom stereocenters. The van der Waals surface area contributed by atoms with Crippen molar-refractivity contribution in [2.75, 3.05) is 20.3 Å². The lowest BCUT2D eigenvalue weighted by atomic mass is 10.2. The zero-order valence-corrected chi connectivity index (χ0v) is 13.6. The Labute approximate surface area is 137 Å². The molecule has 0 fully saturated rings. The molecule has 0 spiro atoms. The number of nitrogens with zero attached hydrogens (tertiary/aromatic N) is 1. The summed E-state index contributed by atoms with van der Waals surface area (Å²) in [7, 11) is 1.62. The molecule has 0 amide bonds. The van der Waals surface area contributed by atoms with Gasteiger partial charge in [-0.15, -0.1) is 0 Å². The minimum Gasteiger partial charge on any atom is -0.497 e. The standard InChI is InChI=1S/C16H16BrNO4/c1-20-14-3-5-15(6-4-14)21-8-9-22-16-7-2-13(17)10-12(16)11-18-19/h2-7,10-11,19H,8-9H2,1H3. The quantitative estimate of drug-likeness (QED) is 0.351. The highest BCUT2D eigenvalue weighted by atomic mass is 79.9. The fourth-order valence-electron chi connectivity index (χ4n) is 1.80. The van der Waals surface area contributed by atoms with E-state index in [1.807, 2.05) is 30.3 Å². The summed E-state index contributed by atoms with van der Waals surface area (Å²) in [6.45, 7) is 0.776. The number of benzene rings is 2. The second kappa shape index (κ2) is 8.29. The third kappa shape index (κ3) is 4.66. The van der Waals surface area contributed by atoms with E-state index in [4.69, 9.17) is 19.4 Å². The second-order valence-corrected chi connectivity index (χ2v) is 5.21. The van der Waals surface area contributed by atoms with E-state index in [1.54, 1.807) is 19.2 Å². The number of ether oxygens (including phenoxy) is 3. The molecule has 0 aromatic heterocycles. The van der Waals surface area contributed by atoms with Crippen LogP contribution in [0.1, 0.15) is 5.56 Å². The fraction of sp³-hybridized carbons (Fsp3) is 0.188. The van der Waals surface area contributed by atoms with Crippen LogP contribution in [-0.4, -0.2) is 31.7 Å². The molecule has 2 rings (SSSR count). The normalized spacial score (nSPS) is 10.6. The first-order valence-corrected chi connectivity index (χ1v) is 7.39. The van der Waals surface area contributed by atoms with Gasteiger partial charge in [-0.05, 0) is 42.5 Å². The first-order chi connectivity index (χ1) is 10.7. The summed E-state index contributed by atoms with van der Waals surface area (Å²) in [5.41, 5.74) is 0.682. The van der Waals surface area contributed by atoms with Crippen LogP contribution in [0.3, 0.4) is 0 Å². The molecule has 0 bridgehead atoms. The predicted octanol–water partition coefficient (Wildman–Crippen LogP) is 3.72. The molecule has 2 aromatic carbocycles. The van der Waals surface area contributed by atoms with Gasteiger partial charge in [-0.1, -0.05) is 21.1 Å². The summed E-state index contributed by atoms with van der Waals surface area (Å²) < 4.78 is 17.2. The van der Waals surface area contributed by atoms with Gasteiger partial charge in [0.15, 0.2) is 0 Å². The van der Waals surface area contributed by atoms with Gasteiger partial charge in [0.25, 0.3) is 0 Å². The van der Waals surface area contributed by atoms with Crippen molar-refractivity contribution in [3.8, 4) is 17.2 Å². The number of hydrogen-bond acceptors (Lipinski definition) is 5. The first kappa shape index (κ1) is 16.2. The smallest absolute Gasteiger partial charge is 0.128 e. The Balaban J connectivity index is 1.85. The first-order valence-electron chi connectivity index (χ1n) is 6.59. The summed E-state index contributed by atoms with van der Waals surface area (Å²) in [5.74, 6) is 2.16. The van der Waals surface area contributed by atoms with Crippen molar-refractivity contribution in [2.24, 2.45) is 5.16 Å². The van der Waals surface area contributed by atoms with E-state index in [9.17, 15) is 0 Å². The molecule has 0 unspecified atom stereocenters. The summed E-state index contributed by atoms with van der Waals surface area (Å²) in [4.78, 5) is 0. The Bertz CT molecular complexity index is 629. The lowest BCUT2D eigenvalue weighted by molar-refractivity contribution is 0.216. The fourth-order valence-corrected chi connectivity index (χ4v) is 2.18. The van der Waals surface area contributed by atoms with E-state index >= 15 is 0 Å². The van der Waals surface area contributed by atoms with Crippen LogP contribution in [0.4, 0.5) is 0 Å². The Morgan fingerprint density at radius 3 is 2.41 bits per heavy atom. The highest BCUT2D eigenvalue weighted by Gasteiger charge is 2.03. The molecule has 6 heteroatoms. The van der Waals surface area contributed by atoms with Gasteiger partial charge < -0.3 is 19.4 Å². The van der Waals surface area contributed by atoms with Gasteiger partial charge in [-0.2, -0.15) is 0 Å².